The van der Waals surface area contributed by atoms with Crippen LogP contribution in [0.3, 0.4) is 0 Å². The Morgan fingerprint density at radius 2 is 2.00 bits per heavy atom. The highest BCUT2D eigenvalue weighted by molar-refractivity contribution is 5.14. The third kappa shape index (κ3) is 4.06. The lowest BCUT2D eigenvalue weighted by Gasteiger charge is -2.10. The van der Waals surface area contributed by atoms with E-state index in [2.05, 4.69) is 36.7 Å². The van der Waals surface area contributed by atoms with Gasteiger partial charge in [0.1, 0.15) is 0 Å². The molecule has 0 aliphatic heterocycles. The van der Waals surface area contributed by atoms with Crippen molar-refractivity contribution in [2.45, 2.75) is 25.8 Å². The number of nitrogens with one attached hydrogen (secondary N) is 1. The summed E-state index contributed by atoms with van der Waals surface area (Å²) in [7, 11) is 1.65. The lowest BCUT2D eigenvalue weighted by molar-refractivity contribution is 0.0637. The van der Waals surface area contributed by atoms with Crippen molar-refractivity contribution >= 4 is 0 Å². The van der Waals surface area contributed by atoms with Gasteiger partial charge in [0.25, 0.3) is 0 Å². The van der Waals surface area contributed by atoms with Crippen LogP contribution >= 0.6 is 0 Å². The van der Waals surface area contributed by atoms with Gasteiger partial charge in [-0.3, -0.25) is 0 Å². The van der Waals surface area contributed by atoms with Crippen LogP contribution in [0.25, 0.3) is 0 Å². The van der Waals surface area contributed by atoms with Gasteiger partial charge in [-0.15, -0.1) is 0 Å². The monoisotopic (exact) mass is 179 g/mol. The van der Waals surface area contributed by atoms with E-state index >= 15 is 0 Å². The Balaban J connectivity index is 2.27. The maximum Gasteiger partial charge on any atom is 0.0572 e. The van der Waals surface area contributed by atoms with E-state index in [1.165, 1.54) is 5.56 Å². The van der Waals surface area contributed by atoms with E-state index in [1.807, 2.05) is 6.07 Å². The number of hydroxylamine groups is 1. The second kappa shape index (κ2) is 5.73. The minimum absolute atomic E-state index is 0.408. The first-order valence-electron chi connectivity index (χ1n) is 4.65. The fourth-order valence-electron chi connectivity index (χ4n) is 1.29. The van der Waals surface area contributed by atoms with E-state index in [1.54, 1.807) is 7.11 Å². The van der Waals surface area contributed by atoms with Gasteiger partial charge in [0.05, 0.1) is 7.11 Å². The normalized spacial score (nSPS) is 12.8. The van der Waals surface area contributed by atoms with Crippen LogP contribution in [-0.2, 0) is 11.3 Å². The standard InChI is InChI=1S/C11H17NO/c1-10(12-13-2)8-9-11-6-4-3-5-7-11/h3-7,10,12H,8-9H2,1-2H3. The van der Waals surface area contributed by atoms with Gasteiger partial charge in [0, 0.05) is 6.04 Å². The summed E-state index contributed by atoms with van der Waals surface area (Å²) in [6.45, 7) is 2.12. The minimum atomic E-state index is 0.408. The Labute approximate surface area is 79.9 Å². The number of hydrogen-bond donors (Lipinski definition) is 1. The SMILES string of the molecule is CONC(C)CCc1ccccc1. The van der Waals surface area contributed by atoms with E-state index in [0.29, 0.717) is 6.04 Å². The summed E-state index contributed by atoms with van der Waals surface area (Å²) in [4.78, 5) is 4.84. The molecule has 0 aliphatic rings. The van der Waals surface area contributed by atoms with Gasteiger partial charge < -0.3 is 4.84 Å². The maximum atomic E-state index is 4.84. The molecule has 1 aromatic rings. The Morgan fingerprint density at radius 3 is 2.62 bits per heavy atom. The summed E-state index contributed by atoms with van der Waals surface area (Å²) in [5.41, 5.74) is 4.30. The van der Waals surface area contributed by atoms with Gasteiger partial charge in [0.15, 0.2) is 0 Å². The Morgan fingerprint density at radius 1 is 1.31 bits per heavy atom. The molecule has 0 heterocycles. The van der Waals surface area contributed by atoms with Crippen molar-refractivity contribution < 1.29 is 4.84 Å². The summed E-state index contributed by atoms with van der Waals surface area (Å²) in [5, 5.41) is 0. The number of benzene rings is 1. The first kappa shape index (κ1) is 10.2. The van der Waals surface area contributed by atoms with E-state index in [4.69, 9.17) is 4.84 Å². The molecule has 0 radical (unpaired) electrons. The van der Waals surface area contributed by atoms with E-state index < -0.39 is 0 Å². The number of hydrogen-bond acceptors (Lipinski definition) is 2. The predicted molar refractivity (Wildman–Crippen MR) is 54.4 cm³/mol. The Kier molecular flexibility index (Phi) is 4.50. The van der Waals surface area contributed by atoms with Crippen LogP contribution in [-0.4, -0.2) is 13.2 Å². The number of aryl methyl sites for hydroxylation is 1. The molecule has 0 aliphatic carbocycles. The van der Waals surface area contributed by atoms with Gasteiger partial charge in [-0.05, 0) is 25.3 Å². The first-order valence-corrected chi connectivity index (χ1v) is 4.65. The van der Waals surface area contributed by atoms with Crippen molar-refractivity contribution in [2.24, 2.45) is 0 Å². The molecule has 1 N–H and O–H groups in total. The molecule has 1 rings (SSSR count). The van der Waals surface area contributed by atoms with Crippen molar-refractivity contribution in [3.63, 3.8) is 0 Å². The van der Waals surface area contributed by atoms with Crippen LogP contribution in [0.15, 0.2) is 30.3 Å². The molecule has 1 unspecified atom stereocenters. The van der Waals surface area contributed by atoms with Crippen molar-refractivity contribution in [1.29, 1.82) is 0 Å². The van der Waals surface area contributed by atoms with Crippen LogP contribution in [0.4, 0.5) is 0 Å². The summed E-state index contributed by atoms with van der Waals surface area (Å²) < 4.78 is 0. The van der Waals surface area contributed by atoms with Crippen LogP contribution in [0.5, 0.6) is 0 Å². The van der Waals surface area contributed by atoms with Crippen LogP contribution in [0.2, 0.25) is 0 Å². The molecule has 2 nitrogen and oxygen atoms in total. The molecule has 0 fully saturated rings. The molecule has 0 bridgehead atoms. The van der Waals surface area contributed by atoms with Crippen molar-refractivity contribution in [2.75, 3.05) is 7.11 Å². The third-order valence-electron chi connectivity index (χ3n) is 2.03. The molecular formula is C11H17NO. The Bertz CT molecular complexity index is 223. The average molecular weight is 179 g/mol. The lowest BCUT2D eigenvalue weighted by atomic mass is 10.1. The molecule has 1 aromatic carbocycles. The zero-order valence-electron chi connectivity index (χ0n) is 8.29. The van der Waals surface area contributed by atoms with Crippen molar-refractivity contribution in [3.05, 3.63) is 35.9 Å². The molecule has 0 aromatic heterocycles. The Hall–Kier alpha value is -0.860. The molecular weight excluding hydrogens is 162 g/mol. The predicted octanol–water partition coefficient (Wildman–Crippen LogP) is 2.16. The van der Waals surface area contributed by atoms with Crippen LogP contribution in [0.1, 0.15) is 18.9 Å². The highest BCUT2D eigenvalue weighted by Gasteiger charge is 2.00. The fourth-order valence-corrected chi connectivity index (χ4v) is 1.29. The molecule has 0 saturated heterocycles. The molecule has 72 valence electrons. The first-order chi connectivity index (χ1) is 6.33. The highest BCUT2D eigenvalue weighted by Crippen LogP contribution is 2.04. The summed E-state index contributed by atoms with van der Waals surface area (Å²) in [6.07, 6.45) is 2.19. The van der Waals surface area contributed by atoms with Crippen molar-refractivity contribution in [3.8, 4) is 0 Å². The zero-order chi connectivity index (χ0) is 9.52. The fraction of sp³-hybridized carbons (Fsp3) is 0.455. The quantitative estimate of drug-likeness (QED) is 0.699. The smallest absolute Gasteiger partial charge is 0.0572 e. The molecule has 0 saturated carbocycles. The van der Waals surface area contributed by atoms with Gasteiger partial charge in [-0.25, -0.2) is 5.48 Å². The minimum Gasteiger partial charge on any atom is -0.305 e. The molecule has 1 atom stereocenters. The van der Waals surface area contributed by atoms with Crippen molar-refractivity contribution in [1.82, 2.24) is 5.48 Å². The van der Waals surface area contributed by atoms with Crippen LogP contribution in [0, 0.1) is 0 Å². The van der Waals surface area contributed by atoms with E-state index in [-0.39, 0.29) is 0 Å². The van der Waals surface area contributed by atoms with E-state index in [0.717, 1.165) is 12.8 Å². The lowest BCUT2D eigenvalue weighted by Crippen LogP contribution is -2.25. The van der Waals surface area contributed by atoms with Gasteiger partial charge in [-0.2, -0.15) is 0 Å². The average Bonchev–Trinajstić information content (AvgIpc) is 2.17. The van der Waals surface area contributed by atoms with Gasteiger partial charge in [0.2, 0.25) is 0 Å². The van der Waals surface area contributed by atoms with Gasteiger partial charge in [-0.1, -0.05) is 30.3 Å². The molecule has 0 spiro atoms. The number of rotatable bonds is 5. The highest BCUT2D eigenvalue weighted by atomic mass is 16.6. The topological polar surface area (TPSA) is 21.3 Å². The largest absolute Gasteiger partial charge is 0.305 e. The van der Waals surface area contributed by atoms with Crippen LogP contribution < -0.4 is 5.48 Å². The maximum absolute atomic E-state index is 4.84. The zero-order valence-corrected chi connectivity index (χ0v) is 8.29. The summed E-state index contributed by atoms with van der Waals surface area (Å²) in [5.74, 6) is 0. The van der Waals surface area contributed by atoms with E-state index in [9.17, 15) is 0 Å². The third-order valence-corrected chi connectivity index (χ3v) is 2.03. The molecule has 0 amide bonds. The molecule has 13 heavy (non-hydrogen) atoms. The summed E-state index contributed by atoms with van der Waals surface area (Å²) in [6, 6.07) is 10.9. The second-order valence-electron chi connectivity index (χ2n) is 3.25. The molecule has 2 heteroatoms. The van der Waals surface area contributed by atoms with Gasteiger partial charge >= 0.3 is 0 Å². The summed E-state index contributed by atoms with van der Waals surface area (Å²) >= 11 is 0. The second-order valence-corrected chi connectivity index (χ2v) is 3.25.